The second-order valence-electron chi connectivity index (χ2n) is 19.4. The smallest absolute Gasteiger partial charge is 0.344 e. The normalized spacial score (nSPS) is 36.2. The van der Waals surface area contributed by atoms with Gasteiger partial charge in [0.2, 0.25) is 5.60 Å². The maximum absolute atomic E-state index is 15.2. The number of carbonyl (C=O) groups excluding carboxylic acids is 3. The number of ether oxygens (including phenoxy) is 2. The number of likely N-dealkylation sites (N-methyl/N-ethyl adjacent to an activating group) is 1. The molecular weight excluding hydrogens is 776 g/mol. The van der Waals surface area contributed by atoms with Gasteiger partial charge in [-0.15, -0.1) is 0 Å². The number of aromatic nitrogens is 1. The number of aromatic amines is 1. The number of rotatable bonds is 7. The van der Waals surface area contributed by atoms with Crippen LogP contribution in [0, 0.1) is 24.1 Å². The van der Waals surface area contributed by atoms with Gasteiger partial charge in [0.15, 0.2) is 6.10 Å². The fourth-order valence-corrected chi connectivity index (χ4v) is 14.2. The molecule has 1 aliphatic carbocycles. The molecule has 12 nitrogen and oxygen atoms in total. The lowest BCUT2D eigenvalue weighted by atomic mass is 9.47. The van der Waals surface area contributed by atoms with E-state index in [1.807, 2.05) is 20.0 Å². The lowest BCUT2D eigenvalue weighted by molar-refractivity contribution is -0.228. The largest absolute Gasteiger partial charge is 0.467 e. The summed E-state index contributed by atoms with van der Waals surface area (Å²) in [6.07, 6.45) is 7.24. The number of amides is 2. The first-order valence-electron chi connectivity index (χ1n) is 22.4. The van der Waals surface area contributed by atoms with E-state index in [4.69, 9.17) is 9.47 Å². The van der Waals surface area contributed by atoms with E-state index in [2.05, 4.69) is 82.3 Å². The number of benzene rings is 2. The number of aryl methyl sites for hydroxylation is 1. The summed E-state index contributed by atoms with van der Waals surface area (Å²) in [5.41, 5.74) is 2.36. The Kier molecular flexibility index (Phi) is 9.99. The molecule has 2 aromatic carbocycles. The molecule has 1 spiro atoms. The molecule has 6 heterocycles. The topological polar surface area (TPSA) is 139 Å². The van der Waals surface area contributed by atoms with Crippen molar-refractivity contribution in [1.29, 1.82) is 0 Å². The number of methoxy groups -OCH3 is 1. The van der Waals surface area contributed by atoms with Gasteiger partial charge in [-0.3, -0.25) is 9.69 Å². The molecule has 61 heavy (non-hydrogen) atoms. The number of carbonyl (C=O) groups is 3. The highest BCUT2D eigenvalue weighted by molar-refractivity contribution is 5.88. The van der Waals surface area contributed by atoms with Crippen molar-refractivity contribution in [3.05, 3.63) is 76.2 Å². The molecule has 1 saturated carbocycles. The summed E-state index contributed by atoms with van der Waals surface area (Å²) in [5, 5.41) is 20.6. The minimum Gasteiger partial charge on any atom is -0.467 e. The van der Waals surface area contributed by atoms with Crippen LogP contribution in [0.5, 0.6) is 0 Å². The molecule has 2 saturated heterocycles. The van der Waals surface area contributed by atoms with E-state index in [-0.39, 0.29) is 23.8 Å². The van der Waals surface area contributed by atoms with E-state index in [0.29, 0.717) is 32.4 Å². The van der Waals surface area contributed by atoms with E-state index in [9.17, 15) is 19.5 Å². The fourth-order valence-electron chi connectivity index (χ4n) is 14.2. The second kappa shape index (κ2) is 14.6. The lowest BCUT2D eigenvalue weighted by Crippen LogP contribution is -2.81. The van der Waals surface area contributed by atoms with Crippen LogP contribution < -0.4 is 15.5 Å². The SMILES string of the molecule is CCNC(=O)NC1(CC)C[C@H]2CN(CCc3c([nH]c4ccc(F)cc34)[C@@](C)(c3cc4c(cc3C)N(C)[C@H]3C(O)(C(=O)OC)[C@H](OC(C)=O)[C@]5(CC)C=CCN6CC[C@]43[C@@H]65)C2)C1. The predicted molar refractivity (Wildman–Crippen MR) is 232 cm³/mol. The summed E-state index contributed by atoms with van der Waals surface area (Å²) in [5.74, 6) is -1.46. The van der Waals surface area contributed by atoms with Crippen LogP contribution >= 0.6 is 0 Å². The Hall–Kier alpha value is -4.46. The zero-order chi connectivity index (χ0) is 43.4. The number of piperidine rings is 1. The van der Waals surface area contributed by atoms with E-state index in [0.717, 1.165) is 90.0 Å². The Morgan fingerprint density at radius 1 is 1.05 bits per heavy atom. The zero-order valence-corrected chi connectivity index (χ0v) is 37.0. The molecule has 2 amide bonds. The highest BCUT2D eigenvalue weighted by Gasteiger charge is 2.80. The molecule has 0 radical (unpaired) electrons. The summed E-state index contributed by atoms with van der Waals surface area (Å²) in [7, 11) is 3.24. The van der Waals surface area contributed by atoms with Gasteiger partial charge in [-0.1, -0.05) is 32.1 Å². The average Bonchev–Trinajstić information content (AvgIpc) is 3.88. The third-order valence-corrected chi connectivity index (χ3v) is 16.3. The van der Waals surface area contributed by atoms with Gasteiger partial charge in [-0.25, -0.2) is 14.0 Å². The van der Waals surface area contributed by atoms with E-state index >= 15 is 4.39 Å². The highest BCUT2D eigenvalue weighted by atomic mass is 19.1. The molecule has 13 heteroatoms. The van der Waals surface area contributed by atoms with Crippen molar-refractivity contribution >= 4 is 34.6 Å². The lowest BCUT2D eigenvalue weighted by Gasteiger charge is -2.63. The van der Waals surface area contributed by atoms with Crippen LogP contribution in [0.15, 0.2) is 42.5 Å². The van der Waals surface area contributed by atoms with Crippen molar-refractivity contribution < 1.29 is 33.4 Å². The Morgan fingerprint density at radius 3 is 2.54 bits per heavy atom. The number of hydrogen-bond acceptors (Lipinski definition) is 9. The summed E-state index contributed by atoms with van der Waals surface area (Å²) >= 11 is 0. The average molecular weight is 839 g/mol. The van der Waals surface area contributed by atoms with E-state index < -0.39 is 51.5 Å². The molecule has 5 aliphatic heterocycles. The van der Waals surface area contributed by atoms with Gasteiger partial charge in [0.25, 0.3) is 0 Å². The number of urea groups is 1. The number of nitrogens with one attached hydrogen (secondary N) is 3. The molecule has 3 fully saturated rings. The van der Waals surface area contributed by atoms with Gasteiger partial charge in [-0.05, 0) is 118 Å². The number of aliphatic hydroxyl groups is 1. The number of nitrogens with zero attached hydrogens (tertiary/aromatic N) is 3. The number of halogens is 1. The third kappa shape index (κ3) is 5.81. The van der Waals surface area contributed by atoms with Crippen LogP contribution in [0.1, 0.15) is 94.7 Å². The van der Waals surface area contributed by atoms with Crippen molar-refractivity contribution in [2.45, 2.75) is 120 Å². The van der Waals surface area contributed by atoms with Gasteiger partial charge in [0, 0.05) is 91.3 Å². The Morgan fingerprint density at radius 2 is 1.84 bits per heavy atom. The molecule has 6 aliphatic rings. The molecule has 10 atom stereocenters. The first kappa shape index (κ1) is 41.9. The minimum atomic E-state index is -2.21. The quantitative estimate of drug-likeness (QED) is 0.177. The molecular formula is C48H63FN6O6. The minimum absolute atomic E-state index is 0.150. The standard InChI is InChI=1S/C48H63FN6O6/c1-9-45(52-43(58)50-11-3)25-30-24-44(6,38-32(15-19-54(26-30)27-45)33-22-31(49)13-14-36(33)51-38)34-23-35-37(21-28(34)4)53(7)40-47(35)17-20-55-18-12-16-46(10-2,39(47)55)41(61-29(5)56)48(40,59)42(57)60-8/h12-14,16,21-23,30,39-41,51,59H,9-11,15,17-20,24-27H2,1-8H3,(H2,50,52,58)/t30-,39-,40+,41+,44+,45?,46+,47+,48?/m0/s1. The maximum Gasteiger partial charge on any atom is 0.344 e. The van der Waals surface area contributed by atoms with Gasteiger partial charge in [0.1, 0.15) is 5.82 Å². The Balaban J connectivity index is 1.27. The summed E-state index contributed by atoms with van der Waals surface area (Å²) in [6, 6.07) is 8.47. The first-order chi connectivity index (χ1) is 29.0. The second-order valence-corrected chi connectivity index (χ2v) is 19.4. The number of anilines is 1. The fraction of sp³-hybridized carbons (Fsp3) is 0.604. The van der Waals surface area contributed by atoms with E-state index in [1.165, 1.54) is 20.1 Å². The summed E-state index contributed by atoms with van der Waals surface area (Å²) in [4.78, 5) is 51.5. The molecule has 2 bridgehead atoms. The van der Waals surface area contributed by atoms with Crippen LogP contribution in [0.25, 0.3) is 10.9 Å². The van der Waals surface area contributed by atoms with Crippen molar-refractivity contribution in [2.75, 3.05) is 58.3 Å². The van der Waals surface area contributed by atoms with E-state index in [1.54, 1.807) is 6.07 Å². The number of esters is 2. The number of hydrogen-bond donors (Lipinski definition) is 4. The maximum atomic E-state index is 15.2. The van der Waals surface area contributed by atoms with Crippen LogP contribution in [0.3, 0.4) is 0 Å². The third-order valence-electron chi connectivity index (χ3n) is 16.3. The summed E-state index contributed by atoms with van der Waals surface area (Å²) < 4.78 is 26.9. The monoisotopic (exact) mass is 838 g/mol. The number of H-pyrrole nitrogens is 1. The van der Waals surface area contributed by atoms with Crippen LogP contribution in [0.4, 0.5) is 14.9 Å². The van der Waals surface area contributed by atoms with Crippen molar-refractivity contribution in [3.8, 4) is 0 Å². The predicted octanol–water partition coefficient (Wildman–Crippen LogP) is 5.60. The molecule has 4 N–H and O–H groups in total. The van der Waals surface area contributed by atoms with Crippen molar-refractivity contribution in [1.82, 2.24) is 25.4 Å². The van der Waals surface area contributed by atoms with Crippen molar-refractivity contribution in [2.24, 2.45) is 11.3 Å². The zero-order valence-electron chi connectivity index (χ0n) is 37.0. The molecule has 3 aromatic rings. The van der Waals surface area contributed by atoms with Crippen LogP contribution in [-0.2, 0) is 36.3 Å². The van der Waals surface area contributed by atoms with Gasteiger partial charge >= 0.3 is 18.0 Å². The number of fused-ring (bicyclic) bond motifs is 6. The molecule has 1 aromatic heterocycles. The van der Waals surface area contributed by atoms with Crippen molar-refractivity contribution in [3.63, 3.8) is 0 Å². The molecule has 9 rings (SSSR count). The Labute approximate surface area is 358 Å². The molecule has 328 valence electrons. The first-order valence-corrected chi connectivity index (χ1v) is 22.4. The summed E-state index contributed by atoms with van der Waals surface area (Å²) in [6.45, 7) is 16.3. The van der Waals surface area contributed by atoms with Crippen LogP contribution in [0.2, 0.25) is 0 Å². The Bertz CT molecular complexity index is 2330. The van der Waals surface area contributed by atoms with Gasteiger partial charge < -0.3 is 40.0 Å². The van der Waals surface area contributed by atoms with Gasteiger partial charge in [0.05, 0.1) is 18.7 Å². The highest BCUT2D eigenvalue weighted by Crippen LogP contribution is 2.68. The molecule has 3 unspecified atom stereocenters. The van der Waals surface area contributed by atoms with Crippen LogP contribution in [-0.4, -0.2) is 121 Å². The van der Waals surface area contributed by atoms with Gasteiger partial charge in [-0.2, -0.15) is 0 Å².